The van der Waals surface area contributed by atoms with E-state index in [2.05, 4.69) is 5.43 Å². The van der Waals surface area contributed by atoms with Crippen LogP contribution < -0.4 is 5.43 Å². The van der Waals surface area contributed by atoms with Gasteiger partial charge in [-0.1, -0.05) is 0 Å². The summed E-state index contributed by atoms with van der Waals surface area (Å²) in [6.45, 7) is 7.20. The second-order valence-electron chi connectivity index (χ2n) is 5.87. The van der Waals surface area contributed by atoms with Gasteiger partial charge in [-0.25, -0.2) is 15.2 Å². The largest absolute Gasteiger partial charge is 0.481 e. The summed E-state index contributed by atoms with van der Waals surface area (Å²) >= 11 is 1.17. The first-order valence-electron chi connectivity index (χ1n) is 7.38. The summed E-state index contributed by atoms with van der Waals surface area (Å²) in [5.41, 5.74) is 2.14. The predicted octanol–water partition coefficient (Wildman–Crippen LogP) is 2.77. The molecule has 1 aromatic rings. The number of carbonyl (C=O) groups excluding carboxylic acids is 2. The van der Waals surface area contributed by atoms with Crippen molar-refractivity contribution in [2.24, 2.45) is 0 Å². The van der Waals surface area contributed by atoms with Gasteiger partial charge in [0.25, 0.3) is 5.91 Å². The highest BCUT2D eigenvalue weighted by Gasteiger charge is 2.21. The van der Waals surface area contributed by atoms with E-state index in [0.717, 1.165) is 9.90 Å². The topological polar surface area (TPSA) is 95.9 Å². The number of carboxylic acid groups (broad SMARTS) is 1. The second kappa shape index (κ2) is 8.58. The van der Waals surface area contributed by atoms with Gasteiger partial charge in [0.2, 0.25) is 0 Å². The van der Waals surface area contributed by atoms with Gasteiger partial charge in [0, 0.05) is 17.0 Å². The van der Waals surface area contributed by atoms with Crippen molar-refractivity contribution in [1.29, 1.82) is 0 Å². The van der Waals surface area contributed by atoms with Gasteiger partial charge in [0.05, 0.1) is 5.75 Å². The smallest absolute Gasteiger partial charge is 0.426 e. The zero-order valence-corrected chi connectivity index (χ0v) is 15.0. The summed E-state index contributed by atoms with van der Waals surface area (Å²) in [6, 6.07) is 6.52. The molecule has 1 aromatic carbocycles. The van der Waals surface area contributed by atoms with Gasteiger partial charge in [0.15, 0.2) is 0 Å². The Bertz CT molecular complexity index is 595. The van der Waals surface area contributed by atoms with Crippen molar-refractivity contribution < 1.29 is 24.2 Å². The van der Waals surface area contributed by atoms with Gasteiger partial charge in [0.1, 0.15) is 5.60 Å². The van der Waals surface area contributed by atoms with Crippen molar-refractivity contribution in [3.05, 3.63) is 29.8 Å². The molecule has 0 bridgehead atoms. The summed E-state index contributed by atoms with van der Waals surface area (Å²) in [7, 11) is 0. The predicted molar refractivity (Wildman–Crippen MR) is 90.9 cm³/mol. The van der Waals surface area contributed by atoms with E-state index in [9.17, 15) is 14.4 Å². The minimum absolute atomic E-state index is 0.0470. The maximum Gasteiger partial charge on any atom is 0.426 e. The standard InChI is InChI=1S/C16H22N2O5S/c1-5-18(17-15(22)23-16(2,3)4)14(21)11-6-8-12(9-7-11)24-10-13(19)20/h6-9H,5,10H2,1-4H3,(H,17,22)(H,19,20). The highest BCUT2D eigenvalue weighted by molar-refractivity contribution is 8.00. The van der Waals surface area contributed by atoms with E-state index >= 15 is 0 Å². The number of thioether (sulfide) groups is 1. The van der Waals surface area contributed by atoms with Crippen LogP contribution in [0.4, 0.5) is 4.79 Å². The Morgan fingerprint density at radius 1 is 1.21 bits per heavy atom. The van der Waals surface area contributed by atoms with Gasteiger partial charge >= 0.3 is 12.1 Å². The fourth-order valence-electron chi connectivity index (χ4n) is 1.68. The molecule has 2 amide bonds. The first-order valence-corrected chi connectivity index (χ1v) is 8.37. The number of hydrogen-bond donors (Lipinski definition) is 2. The monoisotopic (exact) mass is 354 g/mol. The van der Waals surface area contributed by atoms with E-state index in [1.807, 2.05) is 0 Å². The first-order chi connectivity index (χ1) is 11.1. The van der Waals surface area contributed by atoms with Crippen LogP contribution in [0.25, 0.3) is 0 Å². The van der Waals surface area contributed by atoms with Crippen LogP contribution in [-0.2, 0) is 9.53 Å². The lowest BCUT2D eigenvalue weighted by Gasteiger charge is -2.25. The molecule has 0 heterocycles. The number of aliphatic carboxylic acids is 1. The molecule has 0 radical (unpaired) electrons. The van der Waals surface area contributed by atoms with Crippen LogP contribution in [0.15, 0.2) is 29.2 Å². The minimum atomic E-state index is -0.904. The molecule has 0 aliphatic heterocycles. The Morgan fingerprint density at radius 3 is 2.25 bits per heavy atom. The Morgan fingerprint density at radius 2 is 1.79 bits per heavy atom. The number of amides is 2. The second-order valence-corrected chi connectivity index (χ2v) is 6.92. The molecule has 2 N–H and O–H groups in total. The molecule has 1 rings (SSSR count). The quantitative estimate of drug-likeness (QED) is 0.623. The summed E-state index contributed by atoms with van der Waals surface area (Å²) in [4.78, 5) is 35.5. The van der Waals surface area contributed by atoms with E-state index in [1.165, 1.54) is 11.8 Å². The third kappa shape index (κ3) is 6.91. The summed E-state index contributed by atoms with van der Waals surface area (Å²) in [5, 5.41) is 9.81. The lowest BCUT2D eigenvalue weighted by Crippen LogP contribution is -2.47. The Balaban J connectivity index is 2.71. The number of rotatable bonds is 5. The fraction of sp³-hybridized carbons (Fsp3) is 0.438. The summed E-state index contributed by atoms with van der Waals surface area (Å²) in [6.07, 6.45) is -0.702. The maximum absolute atomic E-state index is 12.4. The highest BCUT2D eigenvalue weighted by Crippen LogP contribution is 2.18. The van der Waals surface area contributed by atoms with Crippen molar-refractivity contribution in [2.45, 2.75) is 38.2 Å². The zero-order valence-electron chi connectivity index (χ0n) is 14.2. The molecule has 0 atom stereocenters. The van der Waals surface area contributed by atoms with Gasteiger partial charge in [-0.2, -0.15) is 0 Å². The molecule has 8 heteroatoms. The number of carboxylic acids is 1. The summed E-state index contributed by atoms with van der Waals surface area (Å²) < 4.78 is 5.13. The Hall–Kier alpha value is -2.22. The van der Waals surface area contributed by atoms with Gasteiger partial charge in [-0.05, 0) is 52.0 Å². The molecule has 0 spiro atoms. The van der Waals surface area contributed by atoms with Crippen molar-refractivity contribution in [1.82, 2.24) is 10.4 Å². The van der Waals surface area contributed by atoms with Crippen LogP contribution in [-0.4, -0.2) is 46.0 Å². The number of nitrogens with one attached hydrogen (secondary N) is 1. The lowest BCUT2D eigenvalue weighted by molar-refractivity contribution is -0.133. The summed E-state index contributed by atoms with van der Waals surface area (Å²) in [5.74, 6) is -1.33. The number of hydrazine groups is 1. The Kier molecular flexibility index (Phi) is 7.09. The molecule has 0 saturated carbocycles. The SMILES string of the molecule is CCN(NC(=O)OC(C)(C)C)C(=O)c1ccc(SCC(=O)O)cc1. The molecule has 24 heavy (non-hydrogen) atoms. The fourth-order valence-corrected chi connectivity index (χ4v) is 2.30. The van der Waals surface area contributed by atoms with E-state index in [4.69, 9.17) is 9.84 Å². The van der Waals surface area contributed by atoms with E-state index < -0.39 is 17.7 Å². The van der Waals surface area contributed by atoms with Crippen LogP contribution in [0, 0.1) is 0 Å². The number of nitrogens with zero attached hydrogens (tertiary/aromatic N) is 1. The van der Waals surface area contributed by atoms with E-state index in [1.54, 1.807) is 52.0 Å². The number of benzene rings is 1. The van der Waals surface area contributed by atoms with E-state index in [0.29, 0.717) is 5.56 Å². The molecule has 132 valence electrons. The zero-order chi connectivity index (χ0) is 18.3. The van der Waals surface area contributed by atoms with Gasteiger partial charge < -0.3 is 9.84 Å². The number of ether oxygens (including phenoxy) is 1. The molecule has 0 unspecified atom stereocenters. The molecular weight excluding hydrogens is 332 g/mol. The molecule has 7 nitrogen and oxygen atoms in total. The third-order valence-corrected chi connectivity index (χ3v) is 3.65. The molecule has 0 saturated heterocycles. The Labute approximate surface area is 145 Å². The maximum atomic E-state index is 12.4. The van der Waals surface area contributed by atoms with Gasteiger partial charge in [-0.15, -0.1) is 11.8 Å². The van der Waals surface area contributed by atoms with Crippen LogP contribution in [0.2, 0.25) is 0 Å². The molecule has 0 aromatic heterocycles. The molecular formula is C16H22N2O5S. The molecule has 0 fully saturated rings. The molecule has 0 aliphatic rings. The van der Waals surface area contributed by atoms with Crippen molar-refractivity contribution in [2.75, 3.05) is 12.3 Å². The third-order valence-electron chi connectivity index (χ3n) is 2.65. The first kappa shape index (κ1) is 19.8. The van der Waals surface area contributed by atoms with Crippen LogP contribution >= 0.6 is 11.8 Å². The average molecular weight is 354 g/mol. The van der Waals surface area contributed by atoms with Crippen LogP contribution in [0.3, 0.4) is 0 Å². The van der Waals surface area contributed by atoms with Crippen molar-refractivity contribution in [3.8, 4) is 0 Å². The average Bonchev–Trinajstić information content (AvgIpc) is 2.48. The van der Waals surface area contributed by atoms with Crippen molar-refractivity contribution in [3.63, 3.8) is 0 Å². The number of hydrogen-bond acceptors (Lipinski definition) is 5. The minimum Gasteiger partial charge on any atom is -0.481 e. The van der Waals surface area contributed by atoms with E-state index in [-0.39, 0.29) is 18.2 Å². The van der Waals surface area contributed by atoms with Crippen LogP contribution in [0.5, 0.6) is 0 Å². The molecule has 0 aliphatic carbocycles. The lowest BCUT2D eigenvalue weighted by atomic mass is 10.2. The van der Waals surface area contributed by atoms with Crippen molar-refractivity contribution >= 4 is 29.7 Å². The highest BCUT2D eigenvalue weighted by atomic mass is 32.2. The normalized spacial score (nSPS) is 10.8. The van der Waals surface area contributed by atoms with Gasteiger partial charge in [-0.3, -0.25) is 9.59 Å². The van der Waals surface area contributed by atoms with Crippen LogP contribution in [0.1, 0.15) is 38.1 Å². The number of carbonyl (C=O) groups is 3.